The number of hydrogen-bond acceptors (Lipinski definition) is 4. The fourth-order valence-electron chi connectivity index (χ4n) is 3.35. The molecule has 0 spiro atoms. The Balaban J connectivity index is 1.81. The molecule has 0 aliphatic carbocycles. The molecule has 2 N–H and O–H groups in total. The van der Waals surface area contributed by atoms with Gasteiger partial charge in [-0.1, -0.05) is 6.07 Å². The molecule has 0 atom stereocenters. The maximum absolute atomic E-state index is 12.7. The van der Waals surface area contributed by atoms with Crippen molar-refractivity contribution in [3.8, 4) is 0 Å². The maximum atomic E-state index is 12.7. The van der Waals surface area contributed by atoms with Gasteiger partial charge in [0, 0.05) is 30.0 Å². The second kappa shape index (κ2) is 7.65. The lowest BCUT2D eigenvalue weighted by molar-refractivity contribution is -0.117. The first kappa shape index (κ1) is 18.7. The Hall–Kier alpha value is -3.09. The van der Waals surface area contributed by atoms with E-state index in [2.05, 4.69) is 10.3 Å². The van der Waals surface area contributed by atoms with Gasteiger partial charge in [0.15, 0.2) is 0 Å². The van der Waals surface area contributed by atoms with Crippen molar-refractivity contribution < 1.29 is 19.1 Å². The summed E-state index contributed by atoms with van der Waals surface area (Å²) in [5, 5.41) is 2.83. The zero-order chi connectivity index (χ0) is 19.6. The fraction of sp³-hybridized carbons (Fsp3) is 0.350. The quantitative estimate of drug-likeness (QED) is 0.792. The molecule has 1 aliphatic rings. The van der Waals surface area contributed by atoms with E-state index >= 15 is 0 Å². The summed E-state index contributed by atoms with van der Waals surface area (Å²) in [6, 6.07) is 7.19. The smallest absolute Gasteiger partial charge is 0.340 e. The van der Waals surface area contributed by atoms with Gasteiger partial charge in [0.05, 0.1) is 12.2 Å². The van der Waals surface area contributed by atoms with Crippen LogP contribution in [-0.2, 0) is 9.53 Å². The third-order valence-corrected chi connectivity index (χ3v) is 4.63. The zero-order valence-corrected chi connectivity index (χ0v) is 15.7. The van der Waals surface area contributed by atoms with Gasteiger partial charge in [-0.3, -0.25) is 9.59 Å². The Bertz CT molecular complexity index is 901. The number of aromatic amines is 1. The van der Waals surface area contributed by atoms with E-state index in [-0.39, 0.29) is 18.4 Å². The molecular weight excluding hydrogens is 346 g/mol. The summed E-state index contributed by atoms with van der Waals surface area (Å²) in [5.74, 6) is -0.707. The van der Waals surface area contributed by atoms with E-state index in [0.29, 0.717) is 41.2 Å². The van der Waals surface area contributed by atoms with E-state index in [1.54, 1.807) is 43.9 Å². The minimum absolute atomic E-state index is 0.0911. The van der Waals surface area contributed by atoms with Crippen LogP contribution in [-0.4, -0.2) is 35.9 Å². The summed E-state index contributed by atoms with van der Waals surface area (Å²) in [6.45, 7) is 6.14. The number of benzene rings is 1. The largest absolute Gasteiger partial charge is 0.462 e. The van der Waals surface area contributed by atoms with Gasteiger partial charge in [-0.2, -0.15) is 0 Å². The number of amides is 2. The van der Waals surface area contributed by atoms with Crippen molar-refractivity contribution in [1.29, 1.82) is 0 Å². The molecule has 0 saturated carbocycles. The molecular formula is C20H23N3O4. The number of aryl methyl sites for hydroxylation is 1. The van der Waals surface area contributed by atoms with Gasteiger partial charge in [-0.05, 0) is 51.0 Å². The molecule has 3 rings (SSSR count). The van der Waals surface area contributed by atoms with E-state index < -0.39 is 5.97 Å². The molecule has 0 bridgehead atoms. The summed E-state index contributed by atoms with van der Waals surface area (Å²) in [6.07, 6.45) is 1.39. The molecule has 142 valence electrons. The van der Waals surface area contributed by atoms with Crippen LogP contribution in [0.2, 0.25) is 0 Å². The molecule has 1 saturated heterocycles. The molecule has 1 aliphatic heterocycles. The molecule has 7 nitrogen and oxygen atoms in total. The van der Waals surface area contributed by atoms with Crippen LogP contribution in [0.25, 0.3) is 0 Å². The number of rotatable bonds is 5. The fourth-order valence-corrected chi connectivity index (χ4v) is 3.35. The van der Waals surface area contributed by atoms with Crippen LogP contribution in [0.15, 0.2) is 24.3 Å². The molecule has 2 amide bonds. The van der Waals surface area contributed by atoms with E-state index in [0.717, 1.165) is 12.1 Å². The molecule has 2 heterocycles. The number of hydrogen-bond donors (Lipinski definition) is 2. The molecule has 1 aromatic heterocycles. The molecule has 0 unspecified atom stereocenters. The Morgan fingerprint density at radius 2 is 2.07 bits per heavy atom. The average molecular weight is 369 g/mol. The van der Waals surface area contributed by atoms with Crippen molar-refractivity contribution in [2.24, 2.45) is 0 Å². The minimum Gasteiger partial charge on any atom is -0.462 e. The van der Waals surface area contributed by atoms with Gasteiger partial charge in [0.2, 0.25) is 5.91 Å². The highest BCUT2D eigenvalue weighted by molar-refractivity contribution is 6.07. The third-order valence-electron chi connectivity index (χ3n) is 4.63. The highest BCUT2D eigenvalue weighted by atomic mass is 16.5. The number of nitrogens with zero attached hydrogens (tertiary/aromatic N) is 1. The monoisotopic (exact) mass is 369 g/mol. The first-order valence-corrected chi connectivity index (χ1v) is 9.00. The normalized spacial score (nSPS) is 13.7. The second-order valence-corrected chi connectivity index (χ2v) is 6.50. The molecule has 7 heteroatoms. The second-order valence-electron chi connectivity index (χ2n) is 6.50. The van der Waals surface area contributed by atoms with Crippen LogP contribution in [0.1, 0.15) is 51.9 Å². The number of nitrogens with one attached hydrogen (secondary N) is 2. The standard InChI is InChI=1S/C20H23N3O4/c1-4-27-20(26)17-12(2)18(21-13(17)3)19(25)22-14-7-5-8-15(11-14)23-10-6-9-16(23)24/h5,7-8,11,21H,4,6,9-10H2,1-3H3,(H,22,25). The summed E-state index contributed by atoms with van der Waals surface area (Å²) in [5.41, 5.74) is 3.20. The topological polar surface area (TPSA) is 91.5 Å². The Morgan fingerprint density at radius 1 is 1.30 bits per heavy atom. The molecule has 1 aromatic carbocycles. The molecule has 2 aromatic rings. The van der Waals surface area contributed by atoms with Crippen molar-refractivity contribution in [3.63, 3.8) is 0 Å². The minimum atomic E-state index is -0.447. The van der Waals surface area contributed by atoms with Crippen molar-refractivity contribution in [2.75, 3.05) is 23.4 Å². The first-order chi connectivity index (χ1) is 12.9. The van der Waals surface area contributed by atoms with Crippen LogP contribution in [0.5, 0.6) is 0 Å². The average Bonchev–Trinajstić information content (AvgIpc) is 3.18. The van der Waals surface area contributed by atoms with Crippen LogP contribution in [0.3, 0.4) is 0 Å². The van der Waals surface area contributed by atoms with Crippen molar-refractivity contribution >= 4 is 29.2 Å². The first-order valence-electron chi connectivity index (χ1n) is 9.00. The number of H-pyrrole nitrogens is 1. The van der Waals surface area contributed by atoms with Gasteiger partial charge < -0.3 is 19.9 Å². The van der Waals surface area contributed by atoms with Crippen molar-refractivity contribution in [2.45, 2.75) is 33.6 Å². The van der Waals surface area contributed by atoms with Crippen LogP contribution in [0, 0.1) is 13.8 Å². The van der Waals surface area contributed by atoms with Crippen LogP contribution >= 0.6 is 0 Å². The summed E-state index contributed by atoms with van der Waals surface area (Å²) in [7, 11) is 0. The lowest BCUT2D eigenvalue weighted by Gasteiger charge is -2.16. The number of carbonyl (C=O) groups is 3. The van der Waals surface area contributed by atoms with Crippen LogP contribution < -0.4 is 10.2 Å². The number of esters is 1. The lowest BCUT2D eigenvalue weighted by Crippen LogP contribution is -2.23. The Morgan fingerprint density at radius 3 is 2.74 bits per heavy atom. The predicted octanol–water partition coefficient (Wildman–Crippen LogP) is 3.19. The molecule has 0 radical (unpaired) electrons. The van der Waals surface area contributed by atoms with Gasteiger partial charge in [-0.15, -0.1) is 0 Å². The van der Waals surface area contributed by atoms with E-state index in [9.17, 15) is 14.4 Å². The van der Waals surface area contributed by atoms with Gasteiger partial charge in [-0.25, -0.2) is 4.79 Å². The number of anilines is 2. The summed E-state index contributed by atoms with van der Waals surface area (Å²) in [4.78, 5) is 41.4. The number of carbonyl (C=O) groups excluding carboxylic acids is 3. The number of ether oxygens (including phenoxy) is 1. The predicted molar refractivity (Wildman–Crippen MR) is 102 cm³/mol. The summed E-state index contributed by atoms with van der Waals surface area (Å²) >= 11 is 0. The van der Waals surface area contributed by atoms with Crippen LogP contribution in [0.4, 0.5) is 11.4 Å². The van der Waals surface area contributed by atoms with Crippen molar-refractivity contribution in [3.05, 3.63) is 46.8 Å². The SMILES string of the molecule is CCOC(=O)c1c(C)[nH]c(C(=O)Nc2cccc(N3CCCC3=O)c2)c1C. The van der Waals surface area contributed by atoms with E-state index in [1.165, 1.54) is 0 Å². The van der Waals surface area contributed by atoms with Gasteiger partial charge in [0.25, 0.3) is 5.91 Å². The lowest BCUT2D eigenvalue weighted by atomic mass is 10.1. The Labute approximate surface area is 157 Å². The van der Waals surface area contributed by atoms with E-state index in [4.69, 9.17) is 4.74 Å². The highest BCUT2D eigenvalue weighted by Crippen LogP contribution is 2.25. The van der Waals surface area contributed by atoms with Gasteiger partial charge in [0.1, 0.15) is 5.69 Å². The summed E-state index contributed by atoms with van der Waals surface area (Å²) < 4.78 is 5.06. The zero-order valence-electron chi connectivity index (χ0n) is 15.7. The molecule has 27 heavy (non-hydrogen) atoms. The molecule has 1 fully saturated rings. The third kappa shape index (κ3) is 3.72. The number of aromatic nitrogens is 1. The highest BCUT2D eigenvalue weighted by Gasteiger charge is 2.24. The Kier molecular flexibility index (Phi) is 5.30. The van der Waals surface area contributed by atoms with Gasteiger partial charge >= 0.3 is 5.97 Å². The van der Waals surface area contributed by atoms with Crippen molar-refractivity contribution in [1.82, 2.24) is 4.98 Å². The van der Waals surface area contributed by atoms with E-state index in [1.807, 2.05) is 6.07 Å². The maximum Gasteiger partial charge on any atom is 0.340 e.